The van der Waals surface area contributed by atoms with Gasteiger partial charge in [-0.15, -0.1) is 0 Å². The number of nitrogens with zero attached hydrogens (tertiary/aromatic N) is 2. The van der Waals surface area contributed by atoms with E-state index in [0.29, 0.717) is 54.3 Å². The molecule has 0 radical (unpaired) electrons. The predicted octanol–water partition coefficient (Wildman–Crippen LogP) is 3.65. The van der Waals surface area contributed by atoms with Crippen LogP contribution in [-0.2, 0) is 6.18 Å². The third-order valence-electron chi connectivity index (χ3n) is 5.25. The van der Waals surface area contributed by atoms with Gasteiger partial charge in [-0.05, 0) is 51.3 Å². The number of hydrogen-bond acceptors (Lipinski definition) is 4. The number of amides is 1. The molecule has 1 fully saturated rings. The molecule has 1 saturated heterocycles. The molecule has 3 heterocycles. The van der Waals surface area contributed by atoms with Gasteiger partial charge in [-0.2, -0.15) is 13.2 Å². The van der Waals surface area contributed by atoms with Gasteiger partial charge in [0.2, 0.25) is 0 Å². The molecule has 1 aliphatic heterocycles. The van der Waals surface area contributed by atoms with Crippen molar-refractivity contribution in [2.24, 2.45) is 0 Å². The summed E-state index contributed by atoms with van der Waals surface area (Å²) in [6, 6.07) is 2.34. The molecule has 0 spiro atoms. The summed E-state index contributed by atoms with van der Waals surface area (Å²) in [6.45, 7) is 6.12. The minimum atomic E-state index is -4.40. The molecule has 0 unspecified atom stereocenters. The average molecular weight is 408 g/mol. The second-order valence-electron chi connectivity index (χ2n) is 7.32. The number of piperidine rings is 1. The maximum Gasteiger partial charge on any atom is 0.417 e. The minimum Gasteiger partial charge on any atom is -0.356 e. The zero-order valence-corrected chi connectivity index (χ0v) is 16.5. The number of carbonyl (C=O) groups is 2. The van der Waals surface area contributed by atoms with Crippen molar-refractivity contribution < 1.29 is 22.8 Å². The Hall–Kier alpha value is -2.84. The van der Waals surface area contributed by atoms with E-state index in [4.69, 9.17) is 0 Å². The number of carbonyl (C=O) groups excluding carboxylic acids is 2. The number of hydrogen-bond donors (Lipinski definition) is 2. The molecule has 0 aliphatic carbocycles. The molecule has 6 nitrogen and oxygen atoms in total. The number of H-pyrrole nitrogens is 1. The monoisotopic (exact) mass is 408 g/mol. The molecular formula is C20H23F3N4O2. The Morgan fingerprint density at radius 1 is 1.21 bits per heavy atom. The highest BCUT2D eigenvalue weighted by molar-refractivity contribution is 6.02. The van der Waals surface area contributed by atoms with Crippen molar-refractivity contribution in [3.05, 3.63) is 46.4 Å². The summed E-state index contributed by atoms with van der Waals surface area (Å²) in [4.78, 5) is 33.2. The number of rotatable bonds is 4. The number of aryl methyl sites for hydroxylation is 1. The van der Waals surface area contributed by atoms with Crippen LogP contribution in [0.5, 0.6) is 0 Å². The van der Waals surface area contributed by atoms with Crippen LogP contribution in [0.15, 0.2) is 18.3 Å². The summed E-state index contributed by atoms with van der Waals surface area (Å²) in [7, 11) is 0. The number of anilines is 1. The Kier molecular flexibility index (Phi) is 5.68. The van der Waals surface area contributed by atoms with Gasteiger partial charge in [0.05, 0.1) is 5.56 Å². The van der Waals surface area contributed by atoms with Crippen LogP contribution in [-0.4, -0.2) is 40.8 Å². The van der Waals surface area contributed by atoms with E-state index < -0.39 is 11.7 Å². The quantitative estimate of drug-likeness (QED) is 0.757. The molecule has 3 rings (SSSR count). The first-order valence-electron chi connectivity index (χ1n) is 9.37. The van der Waals surface area contributed by atoms with Crippen molar-refractivity contribution in [3.8, 4) is 0 Å². The minimum absolute atomic E-state index is 0.0583. The normalized spacial score (nSPS) is 15.4. The molecule has 1 amide bonds. The third-order valence-corrected chi connectivity index (χ3v) is 5.25. The fourth-order valence-electron chi connectivity index (χ4n) is 3.76. The number of aromatic nitrogens is 2. The van der Waals surface area contributed by atoms with Crippen LogP contribution in [0.2, 0.25) is 0 Å². The van der Waals surface area contributed by atoms with E-state index in [1.165, 1.54) is 13.0 Å². The number of halogens is 3. The fraction of sp³-hybridized carbons (Fsp3) is 0.450. The van der Waals surface area contributed by atoms with Crippen LogP contribution < -0.4 is 10.2 Å². The van der Waals surface area contributed by atoms with E-state index in [1.54, 1.807) is 13.8 Å². The smallest absolute Gasteiger partial charge is 0.356 e. The van der Waals surface area contributed by atoms with E-state index in [2.05, 4.69) is 15.3 Å². The second-order valence-corrected chi connectivity index (χ2v) is 7.32. The van der Waals surface area contributed by atoms with E-state index >= 15 is 0 Å². The number of ketones is 1. The maximum atomic E-state index is 12.7. The van der Waals surface area contributed by atoms with E-state index in [1.807, 2.05) is 4.90 Å². The topological polar surface area (TPSA) is 78.1 Å². The van der Waals surface area contributed by atoms with Crippen molar-refractivity contribution >= 4 is 17.5 Å². The molecule has 1 aliphatic rings. The lowest BCUT2D eigenvalue weighted by Gasteiger charge is -2.33. The summed E-state index contributed by atoms with van der Waals surface area (Å²) in [5.41, 5.74) is 1.46. The molecule has 0 saturated carbocycles. The molecular weight excluding hydrogens is 385 g/mol. The first kappa shape index (κ1) is 20.9. The van der Waals surface area contributed by atoms with Crippen LogP contribution in [0.3, 0.4) is 0 Å². The molecule has 156 valence electrons. The van der Waals surface area contributed by atoms with Crippen molar-refractivity contribution in [2.45, 2.75) is 45.8 Å². The molecule has 0 aromatic carbocycles. The van der Waals surface area contributed by atoms with Gasteiger partial charge < -0.3 is 15.2 Å². The highest BCUT2D eigenvalue weighted by atomic mass is 19.4. The molecule has 9 heteroatoms. The molecule has 2 N–H and O–H groups in total. The van der Waals surface area contributed by atoms with Crippen molar-refractivity contribution in [2.75, 3.05) is 18.0 Å². The van der Waals surface area contributed by atoms with Gasteiger partial charge in [-0.1, -0.05) is 0 Å². The SMILES string of the molecule is CC(=O)c1c(C)[nH]c(C(=O)NC2CCN(c3ccc(C(F)(F)F)cn3)CC2)c1C. The number of pyridine rings is 1. The van der Waals surface area contributed by atoms with Gasteiger partial charge in [0, 0.05) is 36.6 Å². The number of nitrogens with one attached hydrogen (secondary N) is 2. The van der Waals surface area contributed by atoms with Crippen LogP contribution in [0.25, 0.3) is 0 Å². The maximum absolute atomic E-state index is 12.7. The van der Waals surface area contributed by atoms with Crippen LogP contribution in [0, 0.1) is 13.8 Å². The number of alkyl halides is 3. The van der Waals surface area contributed by atoms with Gasteiger partial charge in [0.1, 0.15) is 11.5 Å². The lowest BCUT2D eigenvalue weighted by molar-refractivity contribution is -0.137. The van der Waals surface area contributed by atoms with E-state index in [-0.39, 0.29) is 17.7 Å². The Bertz CT molecular complexity index is 911. The predicted molar refractivity (Wildman–Crippen MR) is 102 cm³/mol. The Balaban J connectivity index is 1.59. The number of Topliss-reactive ketones (excluding diaryl/α,β-unsaturated/α-hetero) is 1. The summed E-state index contributed by atoms with van der Waals surface area (Å²) in [5, 5.41) is 2.98. The zero-order valence-electron chi connectivity index (χ0n) is 16.5. The van der Waals surface area contributed by atoms with Crippen molar-refractivity contribution in [1.82, 2.24) is 15.3 Å². The zero-order chi connectivity index (χ0) is 21.3. The van der Waals surface area contributed by atoms with Crippen molar-refractivity contribution in [1.29, 1.82) is 0 Å². The first-order valence-corrected chi connectivity index (χ1v) is 9.37. The first-order chi connectivity index (χ1) is 13.6. The Morgan fingerprint density at radius 2 is 1.86 bits per heavy atom. The van der Waals surface area contributed by atoms with E-state index in [9.17, 15) is 22.8 Å². The highest BCUT2D eigenvalue weighted by Gasteiger charge is 2.31. The lowest BCUT2D eigenvalue weighted by atomic mass is 10.0. The van der Waals surface area contributed by atoms with Crippen LogP contribution in [0.4, 0.5) is 19.0 Å². The Morgan fingerprint density at radius 3 is 2.34 bits per heavy atom. The average Bonchev–Trinajstić information content (AvgIpc) is 2.96. The van der Waals surface area contributed by atoms with Gasteiger partial charge in [-0.25, -0.2) is 4.98 Å². The second kappa shape index (κ2) is 7.88. The largest absolute Gasteiger partial charge is 0.417 e. The molecule has 0 atom stereocenters. The molecule has 2 aromatic rings. The van der Waals surface area contributed by atoms with Crippen LogP contribution >= 0.6 is 0 Å². The summed E-state index contributed by atoms with van der Waals surface area (Å²) < 4.78 is 38.0. The van der Waals surface area contributed by atoms with Gasteiger partial charge >= 0.3 is 6.18 Å². The molecule has 2 aromatic heterocycles. The summed E-state index contributed by atoms with van der Waals surface area (Å²) in [6.07, 6.45) is -2.27. The van der Waals surface area contributed by atoms with Gasteiger partial charge in [0.15, 0.2) is 5.78 Å². The Labute approximate surface area is 166 Å². The summed E-state index contributed by atoms with van der Waals surface area (Å²) >= 11 is 0. The van der Waals surface area contributed by atoms with E-state index in [0.717, 1.165) is 12.3 Å². The van der Waals surface area contributed by atoms with Crippen molar-refractivity contribution in [3.63, 3.8) is 0 Å². The molecule has 29 heavy (non-hydrogen) atoms. The van der Waals surface area contributed by atoms with Gasteiger partial charge in [0.25, 0.3) is 5.91 Å². The van der Waals surface area contributed by atoms with Crippen LogP contribution in [0.1, 0.15) is 57.4 Å². The van der Waals surface area contributed by atoms with Gasteiger partial charge in [-0.3, -0.25) is 9.59 Å². The highest BCUT2D eigenvalue weighted by Crippen LogP contribution is 2.30. The third kappa shape index (κ3) is 4.44. The standard InChI is InChI=1S/C20H23F3N4O2/c1-11-17(13(3)28)12(2)25-18(11)19(29)26-15-6-8-27(9-7-15)16-5-4-14(10-24-16)20(21,22)23/h4-5,10,15,25H,6-9H2,1-3H3,(H,26,29). The lowest BCUT2D eigenvalue weighted by Crippen LogP contribution is -2.45. The summed E-state index contributed by atoms with van der Waals surface area (Å²) in [5.74, 6) is 0.140. The fourth-order valence-corrected chi connectivity index (χ4v) is 3.76. The molecule has 0 bridgehead atoms. The number of aromatic amines is 1.